The number of aromatic nitrogens is 1. The first-order valence-electron chi connectivity index (χ1n) is 9.90. The number of carbonyl (C=O) groups is 1. The fourth-order valence-corrected chi connectivity index (χ4v) is 3.34. The van der Waals surface area contributed by atoms with E-state index in [1.807, 2.05) is 30.3 Å². The monoisotopic (exact) mass is 431 g/mol. The van der Waals surface area contributed by atoms with Crippen LogP contribution in [-0.2, 0) is 17.4 Å². The summed E-state index contributed by atoms with van der Waals surface area (Å²) in [7, 11) is 1.57. The maximum atomic E-state index is 12.8. The van der Waals surface area contributed by atoms with Crippen LogP contribution >= 0.6 is 0 Å². The van der Waals surface area contributed by atoms with E-state index in [1.165, 1.54) is 12.1 Å². The number of nitrogens with zero attached hydrogens (tertiary/aromatic N) is 1. The summed E-state index contributed by atoms with van der Waals surface area (Å²) in [6.45, 7) is 1.80. The van der Waals surface area contributed by atoms with E-state index in [1.54, 1.807) is 20.0 Å². The molecule has 31 heavy (non-hydrogen) atoms. The Balaban J connectivity index is 1.80. The minimum absolute atomic E-state index is 0.207. The Morgan fingerprint density at radius 1 is 1.10 bits per heavy atom. The number of rotatable bonds is 8. The highest BCUT2D eigenvalue weighted by Crippen LogP contribution is 2.30. The molecule has 1 heterocycles. The van der Waals surface area contributed by atoms with E-state index in [9.17, 15) is 18.0 Å². The van der Waals surface area contributed by atoms with Gasteiger partial charge in [0.2, 0.25) is 5.91 Å². The highest BCUT2D eigenvalue weighted by Gasteiger charge is 2.30. The normalized spacial score (nSPS) is 13.6. The van der Waals surface area contributed by atoms with E-state index >= 15 is 0 Å². The molecule has 0 spiro atoms. The van der Waals surface area contributed by atoms with Crippen molar-refractivity contribution < 1.29 is 22.5 Å². The molecule has 0 aliphatic carbocycles. The second-order valence-corrected chi connectivity index (χ2v) is 7.28. The third kappa shape index (κ3) is 5.95. The van der Waals surface area contributed by atoms with Crippen LogP contribution in [0.2, 0.25) is 0 Å². The maximum absolute atomic E-state index is 12.8. The first-order chi connectivity index (χ1) is 14.8. The SMILES string of the molecule is CNC(=O)[C@H](N[C@@H](CCc1ccc(C(F)(F)F)cc1)c1cc(C)no1)c1ccccc1. The molecule has 164 valence electrons. The van der Waals surface area contributed by atoms with Gasteiger partial charge in [0.15, 0.2) is 5.76 Å². The van der Waals surface area contributed by atoms with Gasteiger partial charge in [0.1, 0.15) is 6.04 Å². The maximum Gasteiger partial charge on any atom is 0.416 e. The fraction of sp³-hybridized carbons (Fsp3) is 0.304. The largest absolute Gasteiger partial charge is 0.416 e. The van der Waals surface area contributed by atoms with Crippen LogP contribution in [-0.4, -0.2) is 18.1 Å². The van der Waals surface area contributed by atoms with Gasteiger partial charge in [0, 0.05) is 13.1 Å². The predicted molar refractivity (Wildman–Crippen MR) is 110 cm³/mol. The summed E-state index contributed by atoms with van der Waals surface area (Å²) in [5.74, 6) is 0.358. The lowest BCUT2D eigenvalue weighted by Gasteiger charge is -2.24. The van der Waals surface area contributed by atoms with E-state index in [2.05, 4.69) is 15.8 Å². The van der Waals surface area contributed by atoms with Crippen LogP contribution in [0.5, 0.6) is 0 Å². The smallest absolute Gasteiger partial charge is 0.359 e. The van der Waals surface area contributed by atoms with Crippen LogP contribution in [0.15, 0.2) is 65.2 Å². The summed E-state index contributed by atoms with van der Waals surface area (Å²) in [5.41, 5.74) is 1.57. The Labute approximate surface area is 178 Å². The van der Waals surface area contributed by atoms with Crippen molar-refractivity contribution in [1.29, 1.82) is 0 Å². The molecule has 2 N–H and O–H groups in total. The van der Waals surface area contributed by atoms with Crippen molar-refractivity contribution >= 4 is 5.91 Å². The van der Waals surface area contributed by atoms with Gasteiger partial charge >= 0.3 is 6.18 Å². The second kappa shape index (κ2) is 9.78. The molecule has 3 aromatic rings. The Bertz CT molecular complexity index is 985. The van der Waals surface area contributed by atoms with Gasteiger partial charge in [-0.1, -0.05) is 47.6 Å². The molecule has 0 saturated heterocycles. The van der Waals surface area contributed by atoms with Crippen molar-refractivity contribution in [3.63, 3.8) is 0 Å². The van der Waals surface area contributed by atoms with Crippen molar-refractivity contribution in [3.05, 3.63) is 88.8 Å². The molecule has 5 nitrogen and oxygen atoms in total. The molecule has 0 bridgehead atoms. The van der Waals surface area contributed by atoms with E-state index < -0.39 is 17.8 Å². The van der Waals surface area contributed by atoms with Crippen LogP contribution in [0.3, 0.4) is 0 Å². The molecular formula is C23H24F3N3O2. The Morgan fingerprint density at radius 3 is 2.32 bits per heavy atom. The molecule has 1 aromatic heterocycles. The van der Waals surface area contributed by atoms with Crippen LogP contribution < -0.4 is 10.6 Å². The molecule has 0 aliphatic rings. The quantitative estimate of drug-likeness (QED) is 0.540. The molecule has 0 saturated carbocycles. The van der Waals surface area contributed by atoms with Gasteiger partial charge in [-0.3, -0.25) is 10.1 Å². The topological polar surface area (TPSA) is 67.2 Å². The van der Waals surface area contributed by atoms with Crippen LogP contribution in [0.25, 0.3) is 0 Å². The lowest BCUT2D eigenvalue weighted by Crippen LogP contribution is -2.38. The number of nitrogens with one attached hydrogen (secondary N) is 2. The highest BCUT2D eigenvalue weighted by atomic mass is 19.4. The summed E-state index contributed by atoms with van der Waals surface area (Å²) in [6.07, 6.45) is -3.37. The predicted octanol–water partition coefficient (Wildman–Crippen LogP) is 4.75. The number of amides is 1. The average Bonchev–Trinajstić information content (AvgIpc) is 3.20. The molecule has 0 fully saturated rings. The molecule has 2 atom stereocenters. The van der Waals surface area contributed by atoms with E-state index in [0.717, 1.165) is 23.3 Å². The van der Waals surface area contributed by atoms with Crippen LogP contribution in [0.1, 0.15) is 46.6 Å². The molecular weight excluding hydrogens is 407 g/mol. The summed E-state index contributed by atoms with van der Waals surface area (Å²) < 4.78 is 43.8. The molecule has 3 rings (SSSR count). The van der Waals surface area contributed by atoms with Gasteiger partial charge in [0.05, 0.1) is 17.3 Å². The van der Waals surface area contributed by atoms with Gasteiger partial charge in [-0.2, -0.15) is 13.2 Å². The average molecular weight is 431 g/mol. The molecule has 8 heteroatoms. The Hall–Kier alpha value is -3.13. The van der Waals surface area contributed by atoms with Crippen LogP contribution in [0, 0.1) is 6.92 Å². The Morgan fingerprint density at radius 2 is 1.77 bits per heavy atom. The van der Waals surface area contributed by atoms with Gasteiger partial charge in [-0.05, 0) is 43.0 Å². The standard InChI is InChI=1S/C23H24F3N3O2/c1-15-14-20(31-29-15)19(13-10-16-8-11-18(12-9-16)23(24,25)26)28-21(22(30)27-2)17-6-4-3-5-7-17/h3-9,11-12,14,19,21,28H,10,13H2,1-2H3,(H,27,30)/t19-,21+/m0/s1. The number of aryl methyl sites for hydroxylation is 2. The van der Waals surface area contributed by atoms with Gasteiger partial charge in [0.25, 0.3) is 0 Å². The number of halogens is 3. The zero-order valence-corrected chi connectivity index (χ0v) is 17.2. The van der Waals surface area contributed by atoms with Crippen molar-refractivity contribution in [3.8, 4) is 0 Å². The zero-order valence-electron chi connectivity index (χ0n) is 17.2. The minimum Gasteiger partial charge on any atom is -0.359 e. The molecule has 0 unspecified atom stereocenters. The molecule has 2 aromatic carbocycles. The van der Waals surface area contributed by atoms with E-state index in [4.69, 9.17) is 4.52 Å². The summed E-state index contributed by atoms with van der Waals surface area (Å²) in [4.78, 5) is 12.6. The number of likely N-dealkylation sites (N-methyl/N-ethyl adjacent to an activating group) is 1. The van der Waals surface area contributed by atoms with Crippen molar-refractivity contribution in [2.75, 3.05) is 7.05 Å². The molecule has 0 radical (unpaired) electrons. The zero-order chi connectivity index (χ0) is 22.4. The number of benzene rings is 2. The molecule has 0 aliphatic heterocycles. The summed E-state index contributed by atoms with van der Waals surface area (Å²) in [5, 5.41) is 9.93. The lowest BCUT2D eigenvalue weighted by atomic mass is 9.99. The first-order valence-corrected chi connectivity index (χ1v) is 9.90. The fourth-order valence-electron chi connectivity index (χ4n) is 3.34. The lowest BCUT2D eigenvalue weighted by molar-refractivity contribution is -0.137. The second-order valence-electron chi connectivity index (χ2n) is 7.28. The van der Waals surface area contributed by atoms with Gasteiger partial charge in [-0.15, -0.1) is 0 Å². The van der Waals surface area contributed by atoms with Crippen molar-refractivity contribution in [1.82, 2.24) is 15.8 Å². The third-order valence-corrected chi connectivity index (χ3v) is 5.00. The van der Waals surface area contributed by atoms with Gasteiger partial charge in [-0.25, -0.2) is 0 Å². The van der Waals surface area contributed by atoms with Crippen molar-refractivity contribution in [2.24, 2.45) is 0 Å². The number of hydrogen-bond acceptors (Lipinski definition) is 4. The van der Waals surface area contributed by atoms with E-state index in [0.29, 0.717) is 24.3 Å². The number of carbonyl (C=O) groups excluding carboxylic acids is 1. The van der Waals surface area contributed by atoms with E-state index in [-0.39, 0.29) is 11.9 Å². The third-order valence-electron chi connectivity index (χ3n) is 5.00. The summed E-state index contributed by atoms with van der Waals surface area (Å²) in [6, 6.07) is 15.2. The van der Waals surface area contributed by atoms with Crippen molar-refractivity contribution in [2.45, 2.75) is 38.0 Å². The summed E-state index contributed by atoms with van der Waals surface area (Å²) >= 11 is 0. The minimum atomic E-state index is -4.36. The van der Waals surface area contributed by atoms with Gasteiger partial charge < -0.3 is 9.84 Å². The van der Waals surface area contributed by atoms with Crippen LogP contribution in [0.4, 0.5) is 13.2 Å². The highest BCUT2D eigenvalue weighted by molar-refractivity contribution is 5.82. The molecule has 1 amide bonds. The first kappa shape index (κ1) is 22.6. The Kier molecular flexibility index (Phi) is 7.12. The number of alkyl halides is 3. The number of hydrogen-bond donors (Lipinski definition) is 2.